The molecule has 1 aromatic heterocycles. The summed E-state index contributed by atoms with van der Waals surface area (Å²) in [4.78, 5) is 25.7. The largest absolute Gasteiger partial charge is 0.459 e. The van der Waals surface area contributed by atoms with E-state index < -0.39 is 0 Å². The molecule has 0 aromatic carbocycles. The van der Waals surface area contributed by atoms with Crippen LogP contribution in [0.1, 0.15) is 55.5 Å². The molecule has 126 valence electrons. The third-order valence-electron chi connectivity index (χ3n) is 5.36. The van der Waals surface area contributed by atoms with Crippen LogP contribution < -0.4 is 5.32 Å². The Morgan fingerprint density at radius 3 is 2.74 bits per heavy atom. The highest BCUT2D eigenvalue weighted by Crippen LogP contribution is 2.40. The summed E-state index contributed by atoms with van der Waals surface area (Å²) in [6, 6.07) is 3.55. The molecule has 3 atom stereocenters. The van der Waals surface area contributed by atoms with Crippen molar-refractivity contribution in [3.8, 4) is 0 Å². The van der Waals surface area contributed by atoms with Gasteiger partial charge in [0.05, 0.1) is 12.8 Å². The summed E-state index contributed by atoms with van der Waals surface area (Å²) in [6.07, 6.45) is 10.3. The SMILES string of the molecule is CN(CC(=O)NC1CCC2CCCCC2C1)C(=O)c1ccco1. The van der Waals surface area contributed by atoms with Gasteiger partial charge in [0.1, 0.15) is 0 Å². The van der Waals surface area contributed by atoms with Gasteiger partial charge in [0.2, 0.25) is 5.91 Å². The van der Waals surface area contributed by atoms with Gasteiger partial charge in [-0.1, -0.05) is 25.7 Å². The van der Waals surface area contributed by atoms with Gasteiger partial charge in [-0.25, -0.2) is 0 Å². The van der Waals surface area contributed by atoms with Gasteiger partial charge in [-0.05, 0) is 43.2 Å². The molecule has 2 aliphatic carbocycles. The summed E-state index contributed by atoms with van der Waals surface area (Å²) < 4.78 is 5.08. The molecule has 2 aliphatic rings. The standard InChI is InChI=1S/C18H26N2O3/c1-20(18(22)16-7-4-10-23-16)12-17(21)19-15-9-8-13-5-2-3-6-14(13)11-15/h4,7,10,13-15H,2-3,5-6,8-9,11-12H2,1H3,(H,19,21). The zero-order chi connectivity index (χ0) is 16.2. The Morgan fingerprint density at radius 2 is 2.00 bits per heavy atom. The number of likely N-dealkylation sites (N-methyl/N-ethyl adjacent to an activating group) is 1. The van der Waals surface area contributed by atoms with Crippen molar-refractivity contribution < 1.29 is 14.0 Å². The van der Waals surface area contributed by atoms with Crippen LogP contribution in [0.2, 0.25) is 0 Å². The van der Waals surface area contributed by atoms with Crippen LogP contribution in [0.5, 0.6) is 0 Å². The van der Waals surface area contributed by atoms with Crippen molar-refractivity contribution in [1.82, 2.24) is 10.2 Å². The Kier molecular flexibility index (Phi) is 5.03. The minimum Gasteiger partial charge on any atom is -0.459 e. The molecule has 3 unspecified atom stereocenters. The summed E-state index contributed by atoms with van der Waals surface area (Å²) in [5.41, 5.74) is 0. The number of furan rings is 1. The fraction of sp³-hybridized carbons (Fsp3) is 0.667. The monoisotopic (exact) mass is 318 g/mol. The van der Waals surface area contributed by atoms with Crippen LogP contribution in [0.25, 0.3) is 0 Å². The Labute approximate surface area is 137 Å². The molecule has 1 aromatic rings. The van der Waals surface area contributed by atoms with E-state index in [0.717, 1.165) is 24.7 Å². The highest BCUT2D eigenvalue weighted by molar-refractivity contribution is 5.94. The number of nitrogens with one attached hydrogen (secondary N) is 1. The van der Waals surface area contributed by atoms with Gasteiger partial charge in [0.25, 0.3) is 5.91 Å². The Hall–Kier alpha value is -1.78. The van der Waals surface area contributed by atoms with Crippen molar-refractivity contribution in [3.63, 3.8) is 0 Å². The maximum absolute atomic E-state index is 12.2. The molecule has 0 bridgehead atoms. The van der Waals surface area contributed by atoms with Crippen LogP contribution in [0.4, 0.5) is 0 Å². The quantitative estimate of drug-likeness (QED) is 0.928. The summed E-state index contributed by atoms with van der Waals surface area (Å²) in [5.74, 6) is 1.58. The highest BCUT2D eigenvalue weighted by Gasteiger charge is 2.32. The second kappa shape index (κ2) is 7.20. The lowest BCUT2D eigenvalue weighted by Gasteiger charge is -2.39. The molecule has 3 rings (SSSR count). The molecule has 1 N–H and O–H groups in total. The number of carbonyl (C=O) groups is 2. The van der Waals surface area contributed by atoms with Crippen LogP contribution in [0.3, 0.4) is 0 Å². The summed E-state index contributed by atoms with van der Waals surface area (Å²) in [5, 5.41) is 3.12. The van der Waals surface area contributed by atoms with Crippen molar-refractivity contribution in [2.75, 3.05) is 13.6 Å². The lowest BCUT2D eigenvalue weighted by Crippen LogP contribution is -2.45. The van der Waals surface area contributed by atoms with Crippen LogP contribution in [0, 0.1) is 11.8 Å². The minimum absolute atomic E-state index is 0.0735. The van der Waals surface area contributed by atoms with E-state index in [0.29, 0.717) is 0 Å². The average molecular weight is 318 g/mol. The zero-order valence-corrected chi connectivity index (χ0v) is 13.8. The number of nitrogens with zero attached hydrogens (tertiary/aromatic N) is 1. The van der Waals surface area contributed by atoms with Gasteiger partial charge < -0.3 is 14.6 Å². The van der Waals surface area contributed by atoms with E-state index in [-0.39, 0.29) is 30.2 Å². The first kappa shape index (κ1) is 16.1. The number of hydrogen-bond acceptors (Lipinski definition) is 3. The summed E-state index contributed by atoms with van der Waals surface area (Å²) >= 11 is 0. The molecular weight excluding hydrogens is 292 g/mol. The maximum Gasteiger partial charge on any atom is 0.289 e. The smallest absolute Gasteiger partial charge is 0.289 e. The van der Waals surface area contributed by atoms with E-state index in [1.54, 1.807) is 19.2 Å². The van der Waals surface area contributed by atoms with E-state index >= 15 is 0 Å². The van der Waals surface area contributed by atoms with Gasteiger partial charge in [0, 0.05) is 13.1 Å². The molecule has 2 amide bonds. The molecule has 5 heteroatoms. The van der Waals surface area contributed by atoms with Crippen LogP contribution in [-0.4, -0.2) is 36.3 Å². The maximum atomic E-state index is 12.2. The van der Waals surface area contributed by atoms with Gasteiger partial charge in [-0.2, -0.15) is 0 Å². The topological polar surface area (TPSA) is 62.6 Å². The molecular formula is C18H26N2O3. The van der Waals surface area contributed by atoms with Crippen molar-refractivity contribution in [1.29, 1.82) is 0 Å². The normalized spacial score (nSPS) is 27.1. The van der Waals surface area contributed by atoms with E-state index in [9.17, 15) is 9.59 Å². The molecule has 1 heterocycles. The van der Waals surface area contributed by atoms with Gasteiger partial charge >= 0.3 is 0 Å². The predicted molar refractivity (Wildman–Crippen MR) is 86.9 cm³/mol. The average Bonchev–Trinajstić information content (AvgIpc) is 3.08. The first-order valence-corrected chi connectivity index (χ1v) is 8.72. The fourth-order valence-electron chi connectivity index (χ4n) is 4.15. The third kappa shape index (κ3) is 3.95. The highest BCUT2D eigenvalue weighted by atomic mass is 16.3. The first-order valence-electron chi connectivity index (χ1n) is 8.72. The Morgan fingerprint density at radius 1 is 1.22 bits per heavy atom. The van der Waals surface area contributed by atoms with Crippen molar-refractivity contribution in [2.24, 2.45) is 11.8 Å². The molecule has 0 aliphatic heterocycles. The summed E-state index contributed by atoms with van der Waals surface area (Å²) in [7, 11) is 1.63. The molecule has 2 fully saturated rings. The fourth-order valence-corrected chi connectivity index (χ4v) is 4.15. The van der Waals surface area contributed by atoms with Crippen LogP contribution >= 0.6 is 0 Å². The number of carbonyl (C=O) groups excluding carboxylic acids is 2. The lowest BCUT2D eigenvalue weighted by molar-refractivity contribution is -0.122. The molecule has 2 saturated carbocycles. The molecule has 23 heavy (non-hydrogen) atoms. The van der Waals surface area contributed by atoms with Crippen molar-refractivity contribution >= 4 is 11.8 Å². The summed E-state index contributed by atoms with van der Waals surface area (Å²) in [6.45, 7) is 0.0735. The Bertz CT molecular complexity index is 540. The van der Waals surface area contributed by atoms with E-state index in [2.05, 4.69) is 5.32 Å². The predicted octanol–water partition coefficient (Wildman–Crippen LogP) is 2.83. The minimum atomic E-state index is -0.263. The lowest BCUT2D eigenvalue weighted by atomic mass is 9.69. The first-order chi connectivity index (χ1) is 11.1. The number of hydrogen-bond donors (Lipinski definition) is 1. The Balaban J connectivity index is 1.46. The van der Waals surface area contributed by atoms with Crippen molar-refractivity contribution in [3.05, 3.63) is 24.2 Å². The van der Waals surface area contributed by atoms with E-state index in [1.807, 2.05) is 0 Å². The van der Waals surface area contributed by atoms with Gasteiger partial charge in [-0.15, -0.1) is 0 Å². The number of fused-ring (bicyclic) bond motifs is 1. The number of rotatable bonds is 4. The second-order valence-corrected chi connectivity index (χ2v) is 7.02. The third-order valence-corrected chi connectivity index (χ3v) is 5.36. The van der Waals surface area contributed by atoms with Crippen LogP contribution in [0.15, 0.2) is 22.8 Å². The molecule has 0 radical (unpaired) electrons. The molecule has 5 nitrogen and oxygen atoms in total. The van der Waals surface area contributed by atoms with Gasteiger partial charge in [-0.3, -0.25) is 9.59 Å². The molecule has 0 saturated heterocycles. The van der Waals surface area contributed by atoms with E-state index in [4.69, 9.17) is 4.42 Å². The molecule has 0 spiro atoms. The van der Waals surface area contributed by atoms with Gasteiger partial charge in [0.15, 0.2) is 5.76 Å². The second-order valence-electron chi connectivity index (χ2n) is 7.02. The van der Waals surface area contributed by atoms with Crippen LogP contribution in [-0.2, 0) is 4.79 Å². The van der Waals surface area contributed by atoms with Crippen molar-refractivity contribution in [2.45, 2.75) is 51.0 Å². The zero-order valence-electron chi connectivity index (χ0n) is 13.8. The van der Waals surface area contributed by atoms with E-state index in [1.165, 1.54) is 43.3 Å². The number of amides is 2.